The van der Waals surface area contributed by atoms with Crippen LogP contribution >= 0.6 is 0 Å². The quantitative estimate of drug-likeness (QED) is 0.195. The number of hydrogen-bond acceptors (Lipinski definition) is 9. The van der Waals surface area contributed by atoms with Crippen LogP contribution in [0.3, 0.4) is 0 Å². The molecule has 1 saturated heterocycles. The number of piperazine rings is 1. The molecule has 2 aromatic carbocycles. The van der Waals surface area contributed by atoms with Crippen molar-refractivity contribution in [3.8, 4) is 16.8 Å². The molecule has 8 rings (SSSR count). The van der Waals surface area contributed by atoms with Crippen molar-refractivity contribution in [3.63, 3.8) is 0 Å². The van der Waals surface area contributed by atoms with Gasteiger partial charge in [0.25, 0.3) is 0 Å². The molecule has 2 aliphatic rings. The Morgan fingerprint density at radius 1 is 0.836 bits per heavy atom. The number of amides is 1. The fraction of sp³-hybridized carbons (Fsp3) is 0.350. The Bertz CT molecular complexity index is 2510. The molecule has 0 aliphatic carbocycles. The standard InChI is InChI=1S/C40H40F3N9O3/c1-24-6-7-26(20-44-24)25-8-10-32-29(18-25)35-34(22-45-32)48(5)37(53)52(35)28-9-11-33(30(19-28)40(41,42)43)49-14-16-50(17-15-49)36-46-21-27-23-51(13-12-31(27)47-36)38(54)55-39(2,3)4/h6-11,18-22H,12-17,23H2,1-5H3. The number of rotatable bonds is 4. The number of ether oxygens (including phenoxy) is 1. The van der Waals surface area contributed by atoms with Crippen LogP contribution in [0.4, 0.5) is 29.6 Å². The molecule has 6 heterocycles. The zero-order valence-electron chi connectivity index (χ0n) is 31.2. The van der Waals surface area contributed by atoms with Crippen LogP contribution in [0.2, 0.25) is 0 Å². The summed E-state index contributed by atoms with van der Waals surface area (Å²) in [6.07, 6.45) is 0.523. The van der Waals surface area contributed by atoms with Gasteiger partial charge in [0.05, 0.1) is 46.2 Å². The second-order valence-electron chi connectivity index (χ2n) is 15.1. The Kier molecular flexibility index (Phi) is 8.77. The predicted octanol–water partition coefficient (Wildman–Crippen LogP) is 6.68. The molecule has 0 spiro atoms. The lowest BCUT2D eigenvalue weighted by Crippen LogP contribution is -2.48. The van der Waals surface area contributed by atoms with Crippen molar-refractivity contribution in [2.24, 2.45) is 7.05 Å². The molecule has 0 saturated carbocycles. The Balaban J connectivity index is 1.07. The van der Waals surface area contributed by atoms with Crippen molar-refractivity contribution < 1.29 is 22.7 Å². The number of nitrogens with zero attached hydrogens (tertiary/aromatic N) is 9. The van der Waals surface area contributed by atoms with E-state index in [0.29, 0.717) is 73.6 Å². The van der Waals surface area contributed by atoms with Gasteiger partial charge in [0, 0.05) is 86.5 Å². The van der Waals surface area contributed by atoms with E-state index in [4.69, 9.17) is 9.72 Å². The average Bonchev–Trinajstić information content (AvgIpc) is 3.42. The van der Waals surface area contributed by atoms with Crippen LogP contribution in [-0.4, -0.2) is 78.4 Å². The maximum absolute atomic E-state index is 14.9. The number of benzene rings is 2. The molecule has 0 N–H and O–H groups in total. The number of alkyl halides is 3. The van der Waals surface area contributed by atoms with Crippen LogP contribution in [0, 0.1) is 6.92 Å². The van der Waals surface area contributed by atoms with Gasteiger partial charge in [0.1, 0.15) is 5.60 Å². The molecule has 6 aromatic rings. The largest absolute Gasteiger partial charge is 0.444 e. The predicted molar refractivity (Wildman–Crippen MR) is 204 cm³/mol. The van der Waals surface area contributed by atoms with Crippen LogP contribution in [0.1, 0.15) is 43.3 Å². The van der Waals surface area contributed by atoms with E-state index in [9.17, 15) is 22.8 Å². The Morgan fingerprint density at radius 3 is 2.29 bits per heavy atom. The number of hydrogen-bond donors (Lipinski definition) is 0. The van der Waals surface area contributed by atoms with Gasteiger partial charge in [-0.15, -0.1) is 0 Å². The Hall–Kier alpha value is -5.99. The fourth-order valence-corrected chi connectivity index (χ4v) is 7.31. The topological polar surface area (TPSA) is 115 Å². The molecule has 2 aliphatic heterocycles. The van der Waals surface area contributed by atoms with Gasteiger partial charge in [0.2, 0.25) is 5.95 Å². The third-order valence-electron chi connectivity index (χ3n) is 10.1. The molecule has 284 valence electrons. The number of carbonyl (C=O) groups is 1. The summed E-state index contributed by atoms with van der Waals surface area (Å²) < 4.78 is 53.0. The minimum Gasteiger partial charge on any atom is -0.444 e. The minimum atomic E-state index is -4.69. The van der Waals surface area contributed by atoms with Crippen molar-refractivity contribution in [2.75, 3.05) is 42.5 Å². The summed E-state index contributed by atoms with van der Waals surface area (Å²) in [6.45, 7) is 9.60. The maximum Gasteiger partial charge on any atom is 0.418 e. The van der Waals surface area contributed by atoms with E-state index in [2.05, 4.69) is 15.0 Å². The van der Waals surface area contributed by atoms with Crippen LogP contribution < -0.4 is 15.5 Å². The zero-order valence-corrected chi connectivity index (χ0v) is 31.2. The van der Waals surface area contributed by atoms with Crippen LogP contribution in [0.25, 0.3) is 38.8 Å². The van der Waals surface area contributed by atoms with Gasteiger partial charge in [-0.2, -0.15) is 13.2 Å². The van der Waals surface area contributed by atoms with E-state index in [0.717, 1.165) is 34.1 Å². The van der Waals surface area contributed by atoms with E-state index in [1.165, 1.54) is 15.2 Å². The minimum absolute atomic E-state index is 0.0402. The normalized spacial score (nSPS) is 15.2. The molecular weight excluding hydrogens is 711 g/mol. The highest BCUT2D eigenvalue weighted by Gasteiger charge is 2.37. The summed E-state index contributed by atoms with van der Waals surface area (Å²) in [7, 11) is 1.59. The van der Waals surface area contributed by atoms with E-state index in [1.54, 1.807) is 41.5 Å². The number of carbonyl (C=O) groups excluding carboxylic acids is 1. The molecule has 4 aromatic heterocycles. The van der Waals surface area contributed by atoms with Crippen LogP contribution in [-0.2, 0) is 30.9 Å². The number of aromatic nitrogens is 6. The fourth-order valence-electron chi connectivity index (χ4n) is 7.31. The monoisotopic (exact) mass is 751 g/mol. The van der Waals surface area contributed by atoms with Gasteiger partial charge in [0.15, 0.2) is 0 Å². The van der Waals surface area contributed by atoms with Gasteiger partial charge in [-0.3, -0.25) is 19.1 Å². The summed E-state index contributed by atoms with van der Waals surface area (Å²) in [5, 5.41) is 0.631. The number of pyridine rings is 2. The SMILES string of the molecule is Cc1ccc(-c2ccc3ncc4c(c3c2)n(-c2ccc(N3CCN(c5ncc6c(n5)CCN(C(=O)OC(C)(C)C)C6)CC3)c(C(F)(F)F)c2)c(=O)n4C)cn1. The van der Waals surface area contributed by atoms with E-state index >= 15 is 0 Å². The summed E-state index contributed by atoms with van der Waals surface area (Å²) in [5.74, 6) is 0.509. The number of aryl methyl sites for hydroxylation is 2. The lowest BCUT2D eigenvalue weighted by atomic mass is 10.0. The first-order chi connectivity index (χ1) is 26.1. The third-order valence-corrected chi connectivity index (χ3v) is 10.1. The highest BCUT2D eigenvalue weighted by molar-refractivity contribution is 6.04. The first-order valence-electron chi connectivity index (χ1n) is 18.1. The lowest BCUT2D eigenvalue weighted by molar-refractivity contribution is -0.137. The molecular formula is C40H40F3N9O3. The van der Waals surface area contributed by atoms with E-state index < -0.39 is 23.0 Å². The lowest BCUT2D eigenvalue weighted by Gasteiger charge is -2.37. The number of halogens is 3. The van der Waals surface area contributed by atoms with Crippen molar-refractivity contribution >= 4 is 39.7 Å². The molecule has 1 amide bonds. The van der Waals surface area contributed by atoms with Gasteiger partial charge >= 0.3 is 18.0 Å². The van der Waals surface area contributed by atoms with Gasteiger partial charge < -0.3 is 19.4 Å². The second kappa shape index (κ2) is 13.4. The first-order valence-corrected chi connectivity index (χ1v) is 18.1. The van der Waals surface area contributed by atoms with Gasteiger partial charge in [-0.1, -0.05) is 12.1 Å². The average molecular weight is 752 g/mol. The Morgan fingerprint density at radius 2 is 1.58 bits per heavy atom. The van der Waals surface area contributed by atoms with Crippen molar-refractivity contribution in [1.29, 1.82) is 0 Å². The van der Waals surface area contributed by atoms with Gasteiger partial charge in [-0.25, -0.2) is 19.6 Å². The molecule has 0 bridgehead atoms. The number of anilines is 2. The van der Waals surface area contributed by atoms with Crippen molar-refractivity contribution in [2.45, 2.75) is 52.4 Å². The number of imidazole rings is 1. The van der Waals surface area contributed by atoms with Crippen molar-refractivity contribution in [3.05, 3.63) is 100 Å². The number of fused-ring (bicyclic) bond motifs is 4. The van der Waals surface area contributed by atoms with Gasteiger partial charge in [-0.05, 0) is 69.7 Å². The second-order valence-corrected chi connectivity index (χ2v) is 15.1. The van der Waals surface area contributed by atoms with Crippen molar-refractivity contribution in [1.82, 2.24) is 34.0 Å². The highest BCUT2D eigenvalue weighted by atomic mass is 19.4. The molecule has 0 radical (unpaired) electrons. The third kappa shape index (κ3) is 6.83. The molecule has 12 nitrogen and oxygen atoms in total. The first kappa shape index (κ1) is 36.0. The molecule has 55 heavy (non-hydrogen) atoms. The molecule has 0 unspecified atom stereocenters. The van der Waals surface area contributed by atoms with E-state index in [1.807, 2.05) is 62.9 Å². The maximum atomic E-state index is 14.9. The summed E-state index contributed by atoms with van der Waals surface area (Å²) in [4.78, 5) is 50.0. The zero-order chi connectivity index (χ0) is 38.8. The molecule has 0 atom stereocenters. The summed E-state index contributed by atoms with van der Waals surface area (Å²) >= 11 is 0. The Labute approximate surface area is 314 Å². The van der Waals surface area contributed by atoms with Crippen LogP contribution in [0.5, 0.6) is 0 Å². The summed E-state index contributed by atoms with van der Waals surface area (Å²) in [6, 6.07) is 13.6. The smallest absolute Gasteiger partial charge is 0.418 e. The summed E-state index contributed by atoms with van der Waals surface area (Å²) in [5.41, 5.74) is 4.07. The van der Waals surface area contributed by atoms with E-state index in [-0.39, 0.29) is 17.5 Å². The molecule has 15 heteroatoms. The molecule has 1 fully saturated rings. The highest BCUT2D eigenvalue weighted by Crippen LogP contribution is 2.39. The van der Waals surface area contributed by atoms with Crippen LogP contribution in [0.15, 0.2) is 71.9 Å².